The number of nitrogens with zero attached hydrogens (tertiary/aromatic N) is 1. The lowest BCUT2D eigenvalue weighted by molar-refractivity contribution is 0.0276. The first kappa shape index (κ1) is 17.0. The summed E-state index contributed by atoms with van der Waals surface area (Å²) in [6, 6.07) is 0. The van der Waals surface area contributed by atoms with E-state index in [1.165, 1.54) is 77.3 Å². The minimum Gasteiger partial charge on any atom is -0.377 e. The van der Waals surface area contributed by atoms with E-state index in [-0.39, 0.29) is 0 Å². The van der Waals surface area contributed by atoms with Gasteiger partial charge in [0.15, 0.2) is 0 Å². The maximum Gasteiger partial charge on any atom is 0.0597 e. The van der Waals surface area contributed by atoms with Crippen molar-refractivity contribution in [3.05, 3.63) is 0 Å². The highest BCUT2D eigenvalue weighted by molar-refractivity contribution is 4.66. The van der Waals surface area contributed by atoms with Crippen LogP contribution in [0.3, 0.4) is 0 Å². The molecular formula is C17H35NO. The van der Waals surface area contributed by atoms with Gasteiger partial charge in [0.2, 0.25) is 0 Å². The molecular weight excluding hydrogens is 234 g/mol. The average molecular weight is 269 g/mol. The first-order valence-corrected chi connectivity index (χ1v) is 8.70. The van der Waals surface area contributed by atoms with Crippen molar-refractivity contribution in [1.29, 1.82) is 0 Å². The Bertz CT molecular complexity index is 180. The predicted octanol–water partition coefficient (Wildman–Crippen LogP) is 4.63. The van der Waals surface area contributed by atoms with E-state index in [9.17, 15) is 0 Å². The second-order valence-electron chi connectivity index (χ2n) is 6.03. The molecule has 0 saturated carbocycles. The summed E-state index contributed by atoms with van der Waals surface area (Å²) in [7, 11) is 0. The van der Waals surface area contributed by atoms with E-state index in [1.807, 2.05) is 0 Å². The molecule has 0 N–H and O–H groups in total. The van der Waals surface area contributed by atoms with Gasteiger partial charge in [-0.1, -0.05) is 52.4 Å². The second kappa shape index (κ2) is 11.7. The molecule has 114 valence electrons. The molecule has 0 unspecified atom stereocenters. The Morgan fingerprint density at radius 1 is 0.895 bits per heavy atom. The van der Waals surface area contributed by atoms with Gasteiger partial charge in [-0.25, -0.2) is 0 Å². The van der Waals surface area contributed by atoms with Crippen LogP contribution in [0.25, 0.3) is 0 Å². The molecule has 1 aliphatic heterocycles. The Morgan fingerprint density at radius 3 is 2.00 bits per heavy atom. The van der Waals surface area contributed by atoms with Crippen LogP contribution >= 0.6 is 0 Å². The van der Waals surface area contributed by atoms with Crippen LogP contribution in [-0.2, 0) is 4.74 Å². The quantitative estimate of drug-likeness (QED) is 0.479. The van der Waals surface area contributed by atoms with E-state index in [4.69, 9.17) is 4.74 Å². The van der Waals surface area contributed by atoms with Gasteiger partial charge in [0.05, 0.1) is 12.7 Å². The molecule has 1 heterocycles. The fourth-order valence-electron chi connectivity index (χ4n) is 2.91. The summed E-state index contributed by atoms with van der Waals surface area (Å²) in [5.74, 6) is 0. The molecule has 2 heteroatoms. The lowest BCUT2D eigenvalue weighted by atomic mass is 10.0. The molecule has 1 aliphatic rings. The van der Waals surface area contributed by atoms with Crippen molar-refractivity contribution in [2.75, 3.05) is 26.2 Å². The second-order valence-corrected chi connectivity index (χ2v) is 6.03. The van der Waals surface area contributed by atoms with E-state index >= 15 is 0 Å². The van der Waals surface area contributed by atoms with E-state index in [0.717, 1.165) is 13.2 Å². The smallest absolute Gasteiger partial charge is 0.0597 e. The third kappa shape index (κ3) is 8.65. The molecule has 0 radical (unpaired) electrons. The van der Waals surface area contributed by atoms with E-state index < -0.39 is 0 Å². The third-order valence-corrected chi connectivity index (χ3v) is 4.22. The number of hydrogen-bond donors (Lipinski definition) is 0. The summed E-state index contributed by atoms with van der Waals surface area (Å²) >= 11 is 0. The molecule has 1 saturated heterocycles. The van der Waals surface area contributed by atoms with Crippen molar-refractivity contribution in [2.45, 2.75) is 84.2 Å². The maximum absolute atomic E-state index is 6.16. The zero-order valence-corrected chi connectivity index (χ0v) is 13.3. The molecule has 0 aromatic carbocycles. The van der Waals surface area contributed by atoms with Gasteiger partial charge in [-0.05, 0) is 38.8 Å². The van der Waals surface area contributed by atoms with Crippen LogP contribution in [0.2, 0.25) is 0 Å². The third-order valence-electron chi connectivity index (χ3n) is 4.22. The van der Waals surface area contributed by atoms with Gasteiger partial charge >= 0.3 is 0 Å². The minimum atomic E-state index is 0.528. The molecule has 0 aromatic heterocycles. The topological polar surface area (TPSA) is 12.5 Å². The van der Waals surface area contributed by atoms with Crippen LogP contribution in [0.5, 0.6) is 0 Å². The summed E-state index contributed by atoms with van der Waals surface area (Å²) in [4.78, 5) is 2.55. The Balaban J connectivity index is 2.10. The van der Waals surface area contributed by atoms with Gasteiger partial charge in [0.25, 0.3) is 0 Å². The van der Waals surface area contributed by atoms with Crippen LogP contribution in [0, 0.1) is 0 Å². The molecule has 1 rings (SSSR count). The van der Waals surface area contributed by atoms with Crippen molar-refractivity contribution in [2.24, 2.45) is 0 Å². The minimum absolute atomic E-state index is 0.528. The summed E-state index contributed by atoms with van der Waals surface area (Å²) in [5, 5.41) is 0. The molecule has 0 spiro atoms. The fourth-order valence-corrected chi connectivity index (χ4v) is 2.91. The number of likely N-dealkylation sites (tertiary alicyclic amines) is 1. The highest BCUT2D eigenvalue weighted by Crippen LogP contribution is 2.15. The summed E-state index contributed by atoms with van der Waals surface area (Å²) in [5.41, 5.74) is 0. The van der Waals surface area contributed by atoms with Crippen LogP contribution < -0.4 is 0 Å². The summed E-state index contributed by atoms with van der Waals surface area (Å²) < 4.78 is 6.16. The van der Waals surface area contributed by atoms with Crippen molar-refractivity contribution in [3.8, 4) is 0 Å². The molecule has 0 atom stereocenters. The van der Waals surface area contributed by atoms with Crippen LogP contribution in [0.4, 0.5) is 0 Å². The molecule has 2 nitrogen and oxygen atoms in total. The maximum atomic E-state index is 6.16. The van der Waals surface area contributed by atoms with Gasteiger partial charge in [-0.3, -0.25) is 0 Å². The molecule has 0 aromatic rings. The van der Waals surface area contributed by atoms with E-state index in [2.05, 4.69) is 18.7 Å². The molecule has 0 aliphatic carbocycles. The van der Waals surface area contributed by atoms with Crippen LogP contribution in [0.15, 0.2) is 0 Å². The number of ether oxygens (including phenoxy) is 1. The Kier molecular flexibility index (Phi) is 10.5. The monoisotopic (exact) mass is 269 g/mol. The Labute approximate surface area is 120 Å². The Morgan fingerprint density at radius 2 is 1.47 bits per heavy atom. The molecule has 0 bridgehead atoms. The molecule has 1 fully saturated rings. The van der Waals surface area contributed by atoms with Gasteiger partial charge in [-0.15, -0.1) is 0 Å². The molecule has 0 amide bonds. The predicted molar refractivity (Wildman–Crippen MR) is 83.7 cm³/mol. The number of unbranched alkanes of at least 4 members (excludes halogenated alkanes) is 4. The lowest BCUT2D eigenvalue weighted by Crippen LogP contribution is -2.26. The standard InChI is InChI=1S/C17H35NO/c1-3-5-7-11-17(12-8-6-4-2)19-16-15-18-13-9-10-14-18/h17H,3-16H2,1-2H3. The summed E-state index contributed by atoms with van der Waals surface area (Å²) in [6.45, 7) is 9.24. The van der Waals surface area contributed by atoms with Gasteiger partial charge < -0.3 is 9.64 Å². The van der Waals surface area contributed by atoms with Crippen LogP contribution in [-0.4, -0.2) is 37.2 Å². The SMILES string of the molecule is CCCCCC(CCCCC)OCCN1CCCC1. The normalized spacial score (nSPS) is 16.6. The lowest BCUT2D eigenvalue weighted by Gasteiger charge is -2.20. The van der Waals surface area contributed by atoms with Gasteiger partial charge in [-0.2, -0.15) is 0 Å². The Hall–Kier alpha value is -0.0800. The average Bonchev–Trinajstić information content (AvgIpc) is 2.92. The van der Waals surface area contributed by atoms with Crippen molar-refractivity contribution in [3.63, 3.8) is 0 Å². The van der Waals surface area contributed by atoms with Crippen molar-refractivity contribution in [1.82, 2.24) is 4.90 Å². The van der Waals surface area contributed by atoms with Gasteiger partial charge in [0.1, 0.15) is 0 Å². The number of hydrogen-bond acceptors (Lipinski definition) is 2. The highest BCUT2D eigenvalue weighted by Gasteiger charge is 2.13. The first-order chi connectivity index (χ1) is 9.36. The zero-order valence-electron chi connectivity index (χ0n) is 13.3. The zero-order chi connectivity index (χ0) is 13.8. The highest BCUT2D eigenvalue weighted by atomic mass is 16.5. The first-order valence-electron chi connectivity index (χ1n) is 8.70. The summed E-state index contributed by atoms with van der Waals surface area (Å²) in [6.07, 6.45) is 13.9. The van der Waals surface area contributed by atoms with Crippen molar-refractivity contribution < 1.29 is 4.74 Å². The van der Waals surface area contributed by atoms with Crippen LogP contribution in [0.1, 0.15) is 78.1 Å². The fraction of sp³-hybridized carbons (Fsp3) is 1.00. The largest absolute Gasteiger partial charge is 0.377 e. The number of rotatable bonds is 12. The van der Waals surface area contributed by atoms with Gasteiger partial charge in [0, 0.05) is 6.54 Å². The van der Waals surface area contributed by atoms with E-state index in [0.29, 0.717) is 6.10 Å². The molecule has 19 heavy (non-hydrogen) atoms. The van der Waals surface area contributed by atoms with Crippen molar-refractivity contribution >= 4 is 0 Å². The van der Waals surface area contributed by atoms with E-state index in [1.54, 1.807) is 0 Å².